The number of nitrogen functional groups attached to an aromatic ring is 1. The lowest BCUT2D eigenvalue weighted by atomic mass is 10.1. The maximum atomic E-state index is 12.6. The molecular weight excluding hydrogens is 360 g/mol. The summed E-state index contributed by atoms with van der Waals surface area (Å²) in [4.78, 5) is 23.0. The fourth-order valence-electron chi connectivity index (χ4n) is 2.94. The second-order valence-corrected chi connectivity index (χ2v) is 6.25. The number of nitrogens with two attached hydrogens (primary N) is 1. The number of aromatic nitrogens is 2. The van der Waals surface area contributed by atoms with Crippen molar-refractivity contribution in [3.8, 4) is 17.0 Å². The molecule has 0 unspecified atom stereocenters. The molecule has 2 N–H and O–H groups in total. The summed E-state index contributed by atoms with van der Waals surface area (Å²) in [6.45, 7) is 2.50. The van der Waals surface area contributed by atoms with Crippen LogP contribution in [0.4, 0.5) is 11.6 Å². The highest BCUT2D eigenvalue weighted by molar-refractivity contribution is 5.95. The first kappa shape index (κ1) is 19.1. The molecule has 0 amide bonds. The maximum absolute atomic E-state index is 12.6. The van der Waals surface area contributed by atoms with Crippen molar-refractivity contribution >= 4 is 17.4 Å². The smallest absolute Gasteiger partial charge is 0.355 e. The van der Waals surface area contributed by atoms with Crippen molar-refractivity contribution in [1.29, 1.82) is 0 Å². The number of nitro benzene ring substituents is 1. The largest absolute Gasteiger partial charge is 0.494 e. The van der Waals surface area contributed by atoms with Gasteiger partial charge >= 0.3 is 5.95 Å². The van der Waals surface area contributed by atoms with E-state index in [1.54, 1.807) is 21.4 Å². The molecule has 0 aliphatic carbocycles. The second-order valence-electron chi connectivity index (χ2n) is 6.25. The Morgan fingerprint density at radius 3 is 2.61 bits per heavy atom. The lowest BCUT2D eigenvalue weighted by molar-refractivity contribution is -0.667. The zero-order chi connectivity index (χ0) is 20.3. The number of Topliss-reactive ketones (excluding diaryl/α,β-unsaturated/α-hetero) is 1. The third-order valence-corrected chi connectivity index (χ3v) is 4.43. The third kappa shape index (κ3) is 3.85. The molecule has 28 heavy (non-hydrogen) atoms. The summed E-state index contributed by atoms with van der Waals surface area (Å²) in [5.41, 5.74) is 8.09. The number of rotatable bonds is 7. The lowest BCUT2D eigenvalue weighted by Gasteiger charge is -2.03. The van der Waals surface area contributed by atoms with Gasteiger partial charge in [-0.3, -0.25) is 20.6 Å². The molecule has 0 saturated carbocycles. The van der Waals surface area contributed by atoms with E-state index >= 15 is 0 Å². The molecule has 0 aliphatic heterocycles. The minimum atomic E-state index is -0.523. The average Bonchev–Trinajstić information content (AvgIpc) is 2.97. The van der Waals surface area contributed by atoms with Gasteiger partial charge in [-0.05, 0) is 31.2 Å². The fourth-order valence-corrected chi connectivity index (χ4v) is 2.94. The van der Waals surface area contributed by atoms with E-state index in [0.717, 1.165) is 17.0 Å². The van der Waals surface area contributed by atoms with E-state index in [9.17, 15) is 14.9 Å². The third-order valence-electron chi connectivity index (χ3n) is 4.43. The Hall–Kier alpha value is -3.68. The number of ketones is 1. The molecule has 0 saturated heterocycles. The Balaban J connectivity index is 1.86. The van der Waals surface area contributed by atoms with Gasteiger partial charge in [0.1, 0.15) is 24.2 Å². The van der Waals surface area contributed by atoms with Crippen molar-refractivity contribution < 1.29 is 19.0 Å². The summed E-state index contributed by atoms with van der Waals surface area (Å²) in [5.74, 6) is 0.925. The van der Waals surface area contributed by atoms with Crippen molar-refractivity contribution in [3.05, 3.63) is 70.4 Å². The van der Waals surface area contributed by atoms with Crippen LogP contribution in [0.25, 0.3) is 11.3 Å². The minimum Gasteiger partial charge on any atom is -0.494 e. The van der Waals surface area contributed by atoms with Crippen molar-refractivity contribution in [2.75, 3.05) is 12.3 Å². The van der Waals surface area contributed by atoms with Gasteiger partial charge in [-0.25, -0.2) is 9.13 Å². The first-order valence-electron chi connectivity index (χ1n) is 8.76. The number of carbonyl (C=O) groups excluding carboxylic acids is 1. The van der Waals surface area contributed by atoms with Gasteiger partial charge in [-0.2, -0.15) is 0 Å². The molecule has 0 radical (unpaired) electrons. The first-order valence-corrected chi connectivity index (χ1v) is 8.76. The Labute approximate surface area is 161 Å². The van der Waals surface area contributed by atoms with Gasteiger partial charge in [0, 0.05) is 23.3 Å². The molecule has 144 valence electrons. The molecule has 1 heterocycles. The molecule has 2 aromatic carbocycles. The molecule has 8 nitrogen and oxygen atoms in total. The van der Waals surface area contributed by atoms with Crippen molar-refractivity contribution in [1.82, 2.24) is 4.57 Å². The topological polar surface area (TPSA) is 104 Å². The Kier molecular flexibility index (Phi) is 5.39. The van der Waals surface area contributed by atoms with Crippen LogP contribution in [0.2, 0.25) is 0 Å². The lowest BCUT2D eigenvalue weighted by Crippen LogP contribution is -2.39. The molecular formula is C20H21N4O4+. The highest BCUT2D eigenvalue weighted by Gasteiger charge is 2.21. The zero-order valence-corrected chi connectivity index (χ0v) is 15.7. The number of hydrogen-bond acceptors (Lipinski definition) is 5. The molecule has 3 rings (SSSR count). The monoisotopic (exact) mass is 381 g/mol. The highest BCUT2D eigenvalue weighted by Crippen LogP contribution is 2.23. The van der Waals surface area contributed by atoms with E-state index in [4.69, 9.17) is 10.5 Å². The van der Waals surface area contributed by atoms with E-state index in [0.29, 0.717) is 12.6 Å². The molecule has 0 aliphatic rings. The van der Waals surface area contributed by atoms with Gasteiger partial charge in [-0.1, -0.05) is 12.1 Å². The molecule has 1 aromatic heterocycles. The van der Waals surface area contributed by atoms with Gasteiger partial charge in [0.15, 0.2) is 5.78 Å². The van der Waals surface area contributed by atoms with Gasteiger partial charge in [0.05, 0.1) is 18.6 Å². The summed E-state index contributed by atoms with van der Waals surface area (Å²) < 4.78 is 8.87. The van der Waals surface area contributed by atoms with Crippen LogP contribution >= 0.6 is 0 Å². The Morgan fingerprint density at radius 1 is 1.25 bits per heavy atom. The predicted molar refractivity (Wildman–Crippen MR) is 104 cm³/mol. The number of nitro groups is 1. The van der Waals surface area contributed by atoms with Crippen LogP contribution in [-0.2, 0) is 13.6 Å². The number of anilines is 1. The first-order chi connectivity index (χ1) is 13.4. The van der Waals surface area contributed by atoms with E-state index < -0.39 is 4.92 Å². The Bertz CT molecular complexity index is 1030. The van der Waals surface area contributed by atoms with Crippen molar-refractivity contribution in [2.24, 2.45) is 7.05 Å². The number of carbonyl (C=O) groups is 1. The minimum absolute atomic E-state index is 0.0160. The number of benzene rings is 2. The van der Waals surface area contributed by atoms with Crippen LogP contribution < -0.4 is 15.0 Å². The molecule has 0 bridgehead atoms. The summed E-state index contributed by atoms with van der Waals surface area (Å²) in [7, 11) is 1.81. The van der Waals surface area contributed by atoms with E-state index in [1.165, 1.54) is 18.2 Å². The van der Waals surface area contributed by atoms with Crippen LogP contribution in [0.3, 0.4) is 0 Å². The van der Waals surface area contributed by atoms with Crippen molar-refractivity contribution in [3.63, 3.8) is 0 Å². The maximum Gasteiger partial charge on any atom is 0.355 e. The van der Waals surface area contributed by atoms with E-state index in [-0.39, 0.29) is 23.6 Å². The highest BCUT2D eigenvalue weighted by atomic mass is 16.6. The van der Waals surface area contributed by atoms with Crippen LogP contribution in [0.5, 0.6) is 5.75 Å². The molecule has 3 aromatic rings. The number of hydrogen-bond donors (Lipinski definition) is 1. The second kappa shape index (κ2) is 7.91. The fraction of sp³-hybridized carbons (Fsp3) is 0.200. The molecule has 0 atom stereocenters. The normalized spacial score (nSPS) is 10.6. The summed E-state index contributed by atoms with van der Waals surface area (Å²) in [6, 6.07) is 13.3. The molecule has 8 heteroatoms. The van der Waals surface area contributed by atoms with Gasteiger partial charge in [0.2, 0.25) is 0 Å². The van der Waals surface area contributed by atoms with Gasteiger partial charge in [0.25, 0.3) is 5.69 Å². The number of imidazole rings is 1. The summed E-state index contributed by atoms with van der Waals surface area (Å²) in [5, 5.41) is 10.9. The van der Waals surface area contributed by atoms with E-state index in [2.05, 4.69) is 0 Å². The van der Waals surface area contributed by atoms with Crippen LogP contribution in [0.1, 0.15) is 17.3 Å². The standard InChI is InChI=1S/C20H20N4O4/c1-3-28-17-9-7-14(8-10-17)18-12-23(20(21)22(18)2)13-19(25)15-5-4-6-16(11-15)24(26)27/h4-12,21H,3,13H2,1-2H3/p+1. The van der Waals surface area contributed by atoms with Crippen LogP contribution in [0, 0.1) is 10.1 Å². The summed E-state index contributed by atoms with van der Waals surface area (Å²) >= 11 is 0. The average molecular weight is 381 g/mol. The SMILES string of the molecule is CCOc1ccc(-c2c[n+](CC(=O)c3cccc([N+](=O)[O-])c3)c(N)n2C)cc1. The van der Waals surface area contributed by atoms with E-state index in [1.807, 2.05) is 38.2 Å². The van der Waals surface area contributed by atoms with Gasteiger partial charge in [-0.15, -0.1) is 0 Å². The van der Waals surface area contributed by atoms with Crippen LogP contribution in [-0.4, -0.2) is 21.9 Å². The number of nitrogens with zero attached hydrogens (tertiary/aromatic N) is 3. The van der Waals surface area contributed by atoms with Gasteiger partial charge < -0.3 is 4.74 Å². The zero-order valence-electron chi connectivity index (χ0n) is 15.7. The molecule has 0 spiro atoms. The Morgan fingerprint density at radius 2 is 1.96 bits per heavy atom. The number of non-ortho nitro benzene ring substituents is 1. The summed E-state index contributed by atoms with van der Waals surface area (Å²) in [6.07, 6.45) is 1.79. The van der Waals surface area contributed by atoms with Crippen molar-refractivity contribution in [2.45, 2.75) is 13.5 Å². The van der Waals surface area contributed by atoms with Crippen LogP contribution in [0.15, 0.2) is 54.7 Å². The molecule has 0 fully saturated rings. The number of ether oxygens (including phenoxy) is 1. The predicted octanol–water partition coefficient (Wildman–Crippen LogP) is 2.75. The quantitative estimate of drug-likeness (QED) is 0.293.